The lowest BCUT2D eigenvalue weighted by atomic mass is 9.95. The van der Waals surface area contributed by atoms with E-state index in [9.17, 15) is 4.79 Å². The standard InChI is InChI=1S/C21H34N6O2/c1-15-9-19(22-2)25-21(24-15)23-10-18-13-27(20(28)14-29-18)12-17-5-7-26(8-6-17)11-16-3-4-16/h9,16-18H,3-8,10-14H2,1-2H3,(H2,22,23,24,25)/t18-/m1/s1. The summed E-state index contributed by atoms with van der Waals surface area (Å²) < 4.78 is 5.75. The molecule has 8 heteroatoms. The number of likely N-dealkylation sites (tertiary alicyclic amines) is 1. The van der Waals surface area contributed by atoms with Crippen LogP contribution in [-0.4, -0.2) is 84.7 Å². The number of carbonyl (C=O) groups excluding carboxylic acids is 1. The zero-order valence-corrected chi connectivity index (χ0v) is 17.7. The molecule has 0 unspecified atom stereocenters. The average molecular weight is 403 g/mol. The Kier molecular flexibility index (Phi) is 6.50. The maximum Gasteiger partial charge on any atom is 0.248 e. The molecule has 8 nitrogen and oxygen atoms in total. The first kappa shape index (κ1) is 20.3. The van der Waals surface area contributed by atoms with Crippen molar-refractivity contribution in [3.63, 3.8) is 0 Å². The number of aryl methyl sites for hydroxylation is 1. The Morgan fingerprint density at radius 3 is 2.62 bits per heavy atom. The highest BCUT2D eigenvalue weighted by Gasteiger charge is 2.31. The largest absolute Gasteiger partial charge is 0.373 e. The SMILES string of the molecule is CNc1cc(C)nc(NC[C@@H]2CN(CC3CCN(CC4CC4)CC3)C(=O)CO2)n1. The quantitative estimate of drug-likeness (QED) is 0.683. The molecule has 2 saturated heterocycles. The number of nitrogens with one attached hydrogen (secondary N) is 2. The van der Waals surface area contributed by atoms with Crippen molar-refractivity contribution < 1.29 is 9.53 Å². The number of anilines is 2. The first-order valence-corrected chi connectivity index (χ1v) is 11.0. The highest BCUT2D eigenvalue weighted by Crippen LogP contribution is 2.31. The summed E-state index contributed by atoms with van der Waals surface area (Å²) in [5, 5.41) is 6.31. The highest BCUT2D eigenvalue weighted by atomic mass is 16.5. The van der Waals surface area contributed by atoms with Crippen LogP contribution >= 0.6 is 0 Å². The molecule has 3 aliphatic rings. The average Bonchev–Trinajstić information content (AvgIpc) is 3.53. The monoisotopic (exact) mass is 402 g/mol. The summed E-state index contributed by atoms with van der Waals surface area (Å²) >= 11 is 0. The van der Waals surface area contributed by atoms with Gasteiger partial charge in [-0.15, -0.1) is 0 Å². The number of hydrogen-bond acceptors (Lipinski definition) is 7. The predicted molar refractivity (Wildman–Crippen MR) is 113 cm³/mol. The van der Waals surface area contributed by atoms with E-state index in [2.05, 4.69) is 25.5 Å². The lowest BCUT2D eigenvalue weighted by Crippen LogP contribution is -2.51. The molecule has 2 N–H and O–H groups in total. The Balaban J connectivity index is 1.24. The molecular formula is C21H34N6O2. The van der Waals surface area contributed by atoms with E-state index in [-0.39, 0.29) is 18.6 Å². The van der Waals surface area contributed by atoms with Gasteiger partial charge in [0.15, 0.2) is 0 Å². The van der Waals surface area contributed by atoms with E-state index in [4.69, 9.17) is 4.74 Å². The van der Waals surface area contributed by atoms with Gasteiger partial charge in [-0.2, -0.15) is 4.98 Å². The number of nitrogens with zero attached hydrogens (tertiary/aromatic N) is 4. The van der Waals surface area contributed by atoms with Crippen LogP contribution in [0.1, 0.15) is 31.4 Å². The molecule has 4 rings (SSSR count). The van der Waals surface area contributed by atoms with Crippen molar-refractivity contribution in [1.82, 2.24) is 19.8 Å². The number of aromatic nitrogens is 2. The van der Waals surface area contributed by atoms with Crippen LogP contribution in [-0.2, 0) is 9.53 Å². The Labute approximate surface area is 173 Å². The summed E-state index contributed by atoms with van der Waals surface area (Å²) in [5.74, 6) is 3.06. The van der Waals surface area contributed by atoms with Gasteiger partial charge in [0.05, 0.1) is 6.10 Å². The van der Waals surface area contributed by atoms with Gasteiger partial charge in [-0.3, -0.25) is 4.79 Å². The number of piperidine rings is 1. The topological polar surface area (TPSA) is 82.6 Å². The van der Waals surface area contributed by atoms with Crippen LogP contribution in [0.25, 0.3) is 0 Å². The van der Waals surface area contributed by atoms with Crippen LogP contribution in [0, 0.1) is 18.8 Å². The van der Waals surface area contributed by atoms with Crippen molar-refractivity contribution in [3.8, 4) is 0 Å². The molecule has 1 atom stereocenters. The molecule has 1 aliphatic carbocycles. The van der Waals surface area contributed by atoms with Gasteiger partial charge in [0, 0.05) is 45.0 Å². The van der Waals surface area contributed by atoms with E-state index in [0.717, 1.165) is 24.0 Å². The minimum Gasteiger partial charge on any atom is -0.373 e. The molecule has 2 aliphatic heterocycles. The molecule has 0 radical (unpaired) electrons. The first-order valence-electron chi connectivity index (χ1n) is 11.0. The summed E-state index contributed by atoms with van der Waals surface area (Å²) in [6.45, 7) is 7.86. The zero-order valence-electron chi connectivity index (χ0n) is 17.7. The normalized spacial score (nSPS) is 24.0. The summed E-state index contributed by atoms with van der Waals surface area (Å²) in [6, 6.07) is 1.90. The fourth-order valence-corrected chi connectivity index (χ4v) is 4.29. The fraction of sp³-hybridized carbons (Fsp3) is 0.762. The second kappa shape index (κ2) is 9.26. The van der Waals surface area contributed by atoms with E-state index in [1.165, 1.54) is 45.3 Å². The molecule has 1 amide bonds. The minimum absolute atomic E-state index is 0.0372. The summed E-state index contributed by atoms with van der Waals surface area (Å²) in [5.41, 5.74) is 0.904. The van der Waals surface area contributed by atoms with Crippen LogP contribution in [0.2, 0.25) is 0 Å². The Morgan fingerprint density at radius 2 is 1.90 bits per heavy atom. The minimum atomic E-state index is -0.0372. The van der Waals surface area contributed by atoms with Crippen molar-refractivity contribution in [1.29, 1.82) is 0 Å². The molecule has 29 heavy (non-hydrogen) atoms. The van der Waals surface area contributed by atoms with Crippen molar-refractivity contribution in [2.75, 3.05) is 63.6 Å². The van der Waals surface area contributed by atoms with Gasteiger partial charge in [-0.1, -0.05) is 0 Å². The number of carbonyl (C=O) groups is 1. The van der Waals surface area contributed by atoms with Gasteiger partial charge >= 0.3 is 0 Å². The van der Waals surface area contributed by atoms with E-state index in [0.29, 0.717) is 25.0 Å². The van der Waals surface area contributed by atoms with Crippen LogP contribution in [0.5, 0.6) is 0 Å². The van der Waals surface area contributed by atoms with E-state index < -0.39 is 0 Å². The molecule has 1 aromatic rings. The molecule has 3 heterocycles. The molecule has 160 valence electrons. The predicted octanol–water partition coefficient (Wildman–Crippen LogP) is 1.59. The van der Waals surface area contributed by atoms with Crippen molar-refractivity contribution in [2.45, 2.75) is 38.7 Å². The second-order valence-corrected chi connectivity index (χ2v) is 8.77. The van der Waals surface area contributed by atoms with Gasteiger partial charge in [-0.25, -0.2) is 4.98 Å². The molecule has 1 aromatic heterocycles. The number of amides is 1. The maximum absolute atomic E-state index is 12.4. The van der Waals surface area contributed by atoms with E-state index >= 15 is 0 Å². The maximum atomic E-state index is 12.4. The third-order valence-electron chi connectivity index (χ3n) is 6.22. The first-order chi connectivity index (χ1) is 14.1. The Hall–Kier alpha value is -1.93. The van der Waals surface area contributed by atoms with Gasteiger partial charge in [-0.05, 0) is 57.5 Å². The molecule has 0 spiro atoms. The summed E-state index contributed by atoms with van der Waals surface area (Å²) in [6.07, 6.45) is 5.20. The zero-order chi connectivity index (χ0) is 20.2. The Bertz CT molecular complexity index is 702. The van der Waals surface area contributed by atoms with Crippen LogP contribution in [0.3, 0.4) is 0 Å². The third kappa shape index (κ3) is 5.79. The highest BCUT2D eigenvalue weighted by molar-refractivity contribution is 5.78. The van der Waals surface area contributed by atoms with Crippen molar-refractivity contribution in [2.24, 2.45) is 11.8 Å². The van der Waals surface area contributed by atoms with Gasteiger partial charge in [0.25, 0.3) is 0 Å². The molecule has 0 bridgehead atoms. The van der Waals surface area contributed by atoms with Gasteiger partial charge in [0.2, 0.25) is 11.9 Å². The van der Waals surface area contributed by atoms with Gasteiger partial charge < -0.3 is 25.2 Å². The molecule has 1 saturated carbocycles. The van der Waals surface area contributed by atoms with Crippen LogP contribution in [0.4, 0.5) is 11.8 Å². The lowest BCUT2D eigenvalue weighted by molar-refractivity contribution is -0.149. The lowest BCUT2D eigenvalue weighted by Gasteiger charge is -2.38. The second-order valence-electron chi connectivity index (χ2n) is 8.77. The Morgan fingerprint density at radius 1 is 1.14 bits per heavy atom. The fourth-order valence-electron chi connectivity index (χ4n) is 4.29. The van der Waals surface area contributed by atoms with Crippen LogP contribution < -0.4 is 10.6 Å². The van der Waals surface area contributed by atoms with Crippen molar-refractivity contribution in [3.05, 3.63) is 11.8 Å². The third-order valence-corrected chi connectivity index (χ3v) is 6.22. The molecule has 0 aromatic carbocycles. The van der Waals surface area contributed by atoms with Crippen molar-refractivity contribution >= 4 is 17.7 Å². The number of rotatable bonds is 8. The number of ether oxygens (including phenoxy) is 1. The van der Waals surface area contributed by atoms with E-state index in [1.807, 2.05) is 24.9 Å². The summed E-state index contributed by atoms with van der Waals surface area (Å²) in [7, 11) is 1.84. The smallest absolute Gasteiger partial charge is 0.248 e. The molecule has 3 fully saturated rings. The number of morpholine rings is 1. The van der Waals surface area contributed by atoms with Gasteiger partial charge in [0.1, 0.15) is 12.4 Å². The number of hydrogen-bond donors (Lipinski definition) is 2. The molecular weight excluding hydrogens is 368 g/mol. The van der Waals surface area contributed by atoms with Crippen LogP contribution in [0.15, 0.2) is 6.07 Å². The van der Waals surface area contributed by atoms with E-state index in [1.54, 1.807) is 0 Å². The summed E-state index contributed by atoms with van der Waals surface area (Å²) in [4.78, 5) is 25.8.